The van der Waals surface area contributed by atoms with Crippen molar-refractivity contribution in [3.05, 3.63) is 23.8 Å². The van der Waals surface area contributed by atoms with Crippen molar-refractivity contribution in [2.45, 2.75) is 34.1 Å². The highest BCUT2D eigenvalue weighted by molar-refractivity contribution is 5.23. The topological polar surface area (TPSA) is 25.8 Å². The molecule has 0 saturated carbocycles. The van der Waals surface area contributed by atoms with Gasteiger partial charge in [0.2, 0.25) is 5.82 Å². The fourth-order valence-corrected chi connectivity index (χ4v) is 0.845. The second-order valence-electron chi connectivity index (χ2n) is 4.27. The minimum Gasteiger partial charge on any atom is -0.229 e. The van der Waals surface area contributed by atoms with Crippen LogP contribution in [0.2, 0.25) is 0 Å². The molecule has 0 aliphatic rings. The largest absolute Gasteiger partial charge is 0.229 e. The van der Waals surface area contributed by atoms with Crippen molar-refractivity contribution in [3.63, 3.8) is 0 Å². The van der Waals surface area contributed by atoms with Gasteiger partial charge in [0.15, 0.2) is 0 Å². The van der Waals surface area contributed by atoms with Gasteiger partial charge in [0.1, 0.15) is 0 Å². The Morgan fingerprint density at radius 2 is 1.79 bits per heavy atom. The number of hydrogen-bond donors (Lipinski definition) is 0. The lowest BCUT2D eigenvalue weighted by molar-refractivity contribution is 0.570. The van der Waals surface area contributed by atoms with Gasteiger partial charge in [0.05, 0.1) is 0 Å². The first-order valence-corrected chi connectivity index (χ1v) is 4.85. The lowest BCUT2D eigenvalue weighted by Crippen LogP contribution is -2.00. The maximum Gasteiger partial charge on any atom is 0.204 e. The van der Waals surface area contributed by atoms with Crippen LogP contribution in [0.1, 0.15) is 39.1 Å². The summed E-state index contributed by atoms with van der Waals surface area (Å²) in [5.41, 5.74) is 1.15. The number of hydrogen-bond acceptors (Lipinski definition) is 2. The summed E-state index contributed by atoms with van der Waals surface area (Å²) in [6.45, 7) is 8.29. The highest BCUT2D eigenvalue weighted by Crippen LogP contribution is 2.10. The summed E-state index contributed by atoms with van der Waals surface area (Å²) < 4.78 is 0. The zero-order chi connectivity index (χ0) is 10.6. The molecule has 1 heterocycles. The molecule has 0 N–H and O–H groups in total. The predicted molar refractivity (Wildman–Crippen MR) is 57.7 cm³/mol. The molecule has 0 spiro atoms. The predicted octanol–water partition coefficient (Wildman–Crippen LogP) is 2.44. The van der Waals surface area contributed by atoms with Crippen LogP contribution in [0.3, 0.4) is 0 Å². The molecule has 1 aromatic rings. The first kappa shape index (κ1) is 10.7. The van der Waals surface area contributed by atoms with E-state index in [4.69, 9.17) is 0 Å². The van der Waals surface area contributed by atoms with Gasteiger partial charge in [0.25, 0.3) is 0 Å². The smallest absolute Gasteiger partial charge is 0.204 e. The Balaban J connectivity index is 2.82. The molecule has 0 aliphatic heterocycles. The highest BCUT2D eigenvalue weighted by atomic mass is 14.8. The third-order valence-electron chi connectivity index (χ3n) is 1.66. The number of aryl methyl sites for hydroxylation is 1. The van der Waals surface area contributed by atoms with Gasteiger partial charge >= 0.3 is 0 Å². The van der Waals surface area contributed by atoms with Gasteiger partial charge in [0, 0.05) is 17.8 Å². The average Bonchev–Trinajstić information content (AvgIpc) is 2.14. The molecule has 74 valence electrons. The van der Waals surface area contributed by atoms with E-state index in [2.05, 4.69) is 49.5 Å². The molecule has 14 heavy (non-hydrogen) atoms. The molecule has 0 atom stereocenters. The molecule has 0 aliphatic carbocycles. The summed E-state index contributed by atoms with van der Waals surface area (Å²) in [4.78, 5) is 8.34. The Bertz CT molecular complexity index is 347. The normalized spacial score (nSPS) is 10.6. The van der Waals surface area contributed by atoms with Gasteiger partial charge in [-0.2, -0.15) is 0 Å². The highest BCUT2D eigenvalue weighted by Gasteiger charge is 2.03. The third-order valence-corrected chi connectivity index (χ3v) is 1.66. The summed E-state index contributed by atoms with van der Waals surface area (Å²) in [6, 6.07) is 0. The van der Waals surface area contributed by atoms with Crippen LogP contribution in [-0.4, -0.2) is 9.97 Å². The Labute approximate surface area is 85.8 Å². The Kier molecular flexibility index (Phi) is 3.24. The van der Waals surface area contributed by atoms with Crippen LogP contribution in [-0.2, 0) is 6.42 Å². The first-order valence-electron chi connectivity index (χ1n) is 4.85. The van der Waals surface area contributed by atoms with Crippen molar-refractivity contribution < 1.29 is 0 Å². The zero-order valence-corrected chi connectivity index (χ0v) is 9.26. The van der Waals surface area contributed by atoms with Crippen LogP contribution < -0.4 is 0 Å². The average molecular weight is 188 g/mol. The van der Waals surface area contributed by atoms with Gasteiger partial charge in [-0.15, -0.1) is 0 Å². The van der Waals surface area contributed by atoms with E-state index < -0.39 is 0 Å². The van der Waals surface area contributed by atoms with E-state index in [0.717, 1.165) is 12.0 Å². The molecule has 2 nitrogen and oxygen atoms in total. The van der Waals surface area contributed by atoms with E-state index in [0.29, 0.717) is 5.82 Å². The van der Waals surface area contributed by atoms with Crippen molar-refractivity contribution >= 4 is 0 Å². The number of rotatable bonds is 1. The molecule has 0 bridgehead atoms. The molecule has 0 amide bonds. The maximum atomic E-state index is 4.17. The zero-order valence-electron chi connectivity index (χ0n) is 9.26. The van der Waals surface area contributed by atoms with E-state index in [1.165, 1.54) is 0 Å². The van der Waals surface area contributed by atoms with Gasteiger partial charge in [-0.1, -0.05) is 12.8 Å². The molecule has 1 aromatic heterocycles. The molecule has 0 saturated heterocycles. The molecule has 0 fully saturated rings. The van der Waals surface area contributed by atoms with E-state index in [9.17, 15) is 0 Å². The van der Waals surface area contributed by atoms with Crippen molar-refractivity contribution in [3.8, 4) is 11.8 Å². The van der Waals surface area contributed by atoms with Gasteiger partial charge in [-0.3, -0.25) is 0 Å². The van der Waals surface area contributed by atoms with Crippen LogP contribution in [0.25, 0.3) is 0 Å². The molecule has 0 radical (unpaired) electrons. The lowest BCUT2D eigenvalue weighted by atomic mass is 9.98. The summed E-state index contributed by atoms with van der Waals surface area (Å²) in [5, 5.41) is 0. The number of aromatic nitrogens is 2. The van der Waals surface area contributed by atoms with Gasteiger partial charge < -0.3 is 0 Å². The third kappa shape index (κ3) is 3.57. The molecule has 2 heteroatoms. The van der Waals surface area contributed by atoms with Gasteiger partial charge in [-0.05, 0) is 38.7 Å². The van der Waals surface area contributed by atoms with E-state index >= 15 is 0 Å². The summed E-state index contributed by atoms with van der Waals surface area (Å²) in [7, 11) is 0. The summed E-state index contributed by atoms with van der Waals surface area (Å²) in [6.07, 6.45) is 4.63. The molecular formula is C12H16N2. The summed E-state index contributed by atoms with van der Waals surface area (Å²) in [5.74, 6) is 6.67. The molecule has 0 unspecified atom stereocenters. The molecule has 1 rings (SSSR count). The SMILES string of the molecule is CCc1cnc(C#CC(C)(C)C)nc1. The first-order chi connectivity index (χ1) is 6.51. The Morgan fingerprint density at radius 3 is 2.21 bits per heavy atom. The van der Waals surface area contributed by atoms with Crippen molar-refractivity contribution in [2.75, 3.05) is 0 Å². The second-order valence-corrected chi connectivity index (χ2v) is 4.27. The second kappa shape index (κ2) is 4.23. The fraction of sp³-hybridized carbons (Fsp3) is 0.500. The lowest BCUT2D eigenvalue weighted by Gasteiger charge is -2.06. The van der Waals surface area contributed by atoms with Crippen molar-refractivity contribution in [1.29, 1.82) is 0 Å². The molecular weight excluding hydrogens is 172 g/mol. The Hall–Kier alpha value is -1.36. The summed E-state index contributed by atoms with van der Waals surface area (Å²) >= 11 is 0. The van der Waals surface area contributed by atoms with Crippen molar-refractivity contribution in [2.24, 2.45) is 5.41 Å². The van der Waals surface area contributed by atoms with Crippen LogP contribution in [0.15, 0.2) is 12.4 Å². The van der Waals surface area contributed by atoms with E-state index in [1.807, 2.05) is 12.4 Å². The Morgan fingerprint density at radius 1 is 1.21 bits per heavy atom. The fourth-order valence-electron chi connectivity index (χ4n) is 0.845. The monoisotopic (exact) mass is 188 g/mol. The quantitative estimate of drug-likeness (QED) is 0.633. The van der Waals surface area contributed by atoms with Crippen LogP contribution in [0.5, 0.6) is 0 Å². The minimum absolute atomic E-state index is 0.00673. The van der Waals surface area contributed by atoms with Crippen LogP contribution >= 0.6 is 0 Å². The number of nitrogens with zero attached hydrogens (tertiary/aromatic N) is 2. The van der Waals surface area contributed by atoms with Crippen LogP contribution in [0.4, 0.5) is 0 Å². The van der Waals surface area contributed by atoms with E-state index in [1.54, 1.807) is 0 Å². The maximum absolute atomic E-state index is 4.17. The molecule has 0 aromatic carbocycles. The van der Waals surface area contributed by atoms with Crippen LogP contribution in [0, 0.1) is 17.3 Å². The van der Waals surface area contributed by atoms with E-state index in [-0.39, 0.29) is 5.41 Å². The minimum atomic E-state index is 0.00673. The van der Waals surface area contributed by atoms with Crippen molar-refractivity contribution in [1.82, 2.24) is 9.97 Å². The standard InChI is InChI=1S/C12H16N2/c1-5-10-8-13-11(14-9-10)6-7-12(2,3)4/h8-9H,5H2,1-4H3. The van der Waals surface area contributed by atoms with Gasteiger partial charge in [-0.25, -0.2) is 9.97 Å².